The van der Waals surface area contributed by atoms with Crippen LogP contribution in [-0.2, 0) is 25.7 Å². The Morgan fingerprint density at radius 2 is 1.81 bits per heavy atom. The third-order valence-corrected chi connectivity index (χ3v) is 5.80. The van der Waals surface area contributed by atoms with E-state index in [1.54, 1.807) is 41.3 Å². The molecule has 0 saturated heterocycles. The lowest BCUT2D eigenvalue weighted by Gasteiger charge is -2.16. The lowest BCUT2D eigenvalue weighted by atomic mass is 10.1. The molecule has 0 spiro atoms. The molecular weight excluding hydrogens is 490 g/mol. The van der Waals surface area contributed by atoms with Crippen LogP contribution >= 0.6 is 0 Å². The van der Waals surface area contributed by atoms with Crippen molar-refractivity contribution in [3.8, 4) is 23.4 Å². The van der Waals surface area contributed by atoms with Gasteiger partial charge < -0.3 is 9.64 Å². The number of rotatable bonds is 6. The number of halogens is 4. The van der Waals surface area contributed by atoms with Crippen LogP contribution in [0.3, 0.4) is 0 Å². The Hall–Kier alpha value is -4.72. The van der Waals surface area contributed by atoms with E-state index in [0.29, 0.717) is 16.8 Å². The molecule has 0 atom stereocenters. The maximum Gasteiger partial charge on any atom is 0.435 e. The largest absolute Gasteiger partial charge is 0.435 e. The van der Waals surface area contributed by atoms with Gasteiger partial charge in [-0.2, -0.15) is 23.5 Å². The van der Waals surface area contributed by atoms with Crippen molar-refractivity contribution in [2.75, 3.05) is 0 Å². The van der Waals surface area contributed by atoms with Crippen molar-refractivity contribution >= 4 is 5.91 Å². The molecule has 3 heterocycles. The van der Waals surface area contributed by atoms with Crippen LogP contribution in [0.1, 0.15) is 32.7 Å². The molecule has 0 aliphatic carbocycles. The number of carbonyl (C=O) groups excluding carboxylic acids is 1. The number of hydrogen-bond donors (Lipinski definition) is 0. The molecule has 2 aromatic heterocycles. The number of fused-ring (bicyclic) bond motifs is 1. The minimum atomic E-state index is -4.53. The minimum Gasteiger partial charge on any atom is -0.435 e. The van der Waals surface area contributed by atoms with Gasteiger partial charge in [0.2, 0.25) is 5.88 Å². The number of hydrogen-bond acceptors (Lipinski definition) is 5. The normalized spacial score (nSPS) is 12.9. The van der Waals surface area contributed by atoms with Crippen molar-refractivity contribution in [2.45, 2.75) is 25.7 Å². The zero-order valence-corrected chi connectivity index (χ0v) is 19.0. The summed E-state index contributed by atoms with van der Waals surface area (Å²) in [5.41, 5.74) is 1.61. The van der Waals surface area contributed by atoms with Crippen LogP contribution in [-0.4, -0.2) is 25.6 Å². The predicted molar refractivity (Wildman–Crippen MR) is 122 cm³/mol. The number of nitriles is 1. The lowest BCUT2D eigenvalue weighted by molar-refractivity contribution is -0.141. The predicted octanol–water partition coefficient (Wildman–Crippen LogP) is 5.44. The van der Waals surface area contributed by atoms with Gasteiger partial charge in [0.1, 0.15) is 5.56 Å². The highest BCUT2D eigenvalue weighted by Gasteiger charge is 2.34. The molecule has 1 aliphatic rings. The van der Waals surface area contributed by atoms with E-state index < -0.39 is 17.7 Å². The fraction of sp³-hybridized carbons (Fsp3) is 0.154. The Morgan fingerprint density at radius 1 is 1.05 bits per heavy atom. The van der Waals surface area contributed by atoms with Gasteiger partial charge in [-0.3, -0.25) is 4.79 Å². The van der Waals surface area contributed by atoms with E-state index in [-0.39, 0.29) is 42.6 Å². The molecule has 11 heteroatoms. The number of amides is 1. The van der Waals surface area contributed by atoms with Crippen molar-refractivity contribution in [2.24, 2.45) is 0 Å². The Labute approximate surface area is 208 Å². The van der Waals surface area contributed by atoms with Crippen molar-refractivity contribution in [1.29, 1.82) is 5.26 Å². The Bertz CT molecular complexity index is 1520. The molecular formula is C26H17F4N5O2. The summed E-state index contributed by atoms with van der Waals surface area (Å²) in [6.45, 7) is 0.518. The van der Waals surface area contributed by atoms with Gasteiger partial charge in [-0.05, 0) is 53.1 Å². The van der Waals surface area contributed by atoms with E-state index in [1.807, 2.05) is 6.07 Å². The molecule has 5 rings (SSSR count). The highest BCUT2D eigenvalue weighted by molar-refractivity contribution is 6.00. The minimum absolute atomic E-state index is 0.0218. The summed E-state index contributed by atoms with van der Waals surface area (Å²) < 4.78 is 59.7. The van der Waals surface area contributed by atoms with E-state index in [4.69, 9.17) is 10.00 Å². The number of benzene rings is 2. The molecule has 0 N–H and O–H groups in total. The molecule has 7 nitrogen and oxygen atoms in total. The van der Waals surface area contributed by atoms with Crippen LogP contribution in [0.25, 0.3) is 5.69 Å². The molecule has 1 aliphatic heterocycles. The number of ether oxygens (including phenoxy) is 1. The van der Waals surface area contributed by atoms with Crippen LogP contribution in [0.15, 0.2) is 67.0 Å². The van der Waals surface area contributed by atoms with Gasteiger partial charge in [0.05, 0.1) is 18.2 Å². The number of carbonyl (C=O) groups is 1. The summed E-state index contributed by atoms with van der Waals surface area (Å²) in [5, 5.41) is 12.3. The molecule has 0 bridgehead atoms. The molecule has 0 fully saturated rings. The summed E-state index contributed by atoms with van der Waals surface area (Å²) in [5.74, 6) is -1.15. The Morgan fingerprint density at radius 3 is 2.49 bits per heavy atom. The maximum absolute atomic E-state index is 14.5. The zero-order valence-electron chi connectivity index (χ0n) is 19.0. The zero-order chi connectivity index (χ0) is 26.2. The molecule has 4 aromatic rings. The topological polar surface area (TPSA) is 84.0 Å². The van der Waals surface area contributed by atoms with E-state index >= 15 is 0 Å². The van der Waals surface area contributed by atoms with E-state index in [9.17, 15) is 22.4 Å². The Balaban J connectivity index is 1.31. The van der Waals surface area contributed by atoms with E-state index in [2.05, 4.69) is 10.1 Å². The smallest absolute Gasteiger partial charge is 0.435 e. The van der Waals surface area contributed by atoms with Crippen LogP contribution in [0, 0.1) is 17.1 Å². The summed E-state index contributed by atoms with van der Waals surface area (Å²) >= 11 is 0. The fourth-order valence-electron chi connectivity index (χ4n) is 4.01. The standard InChI is InChI=1S/C26H17F4N5O2/c27-20-13-16(7-10-31)3-6-21(20)37-24-23-18(8-11-32-24)15-34(25(23)36)14-17-1-4-19(5-2-17)35-12-9-22(33-35)26(28,29)30/h1-6,8-9,11-13H,7,14-15H2. The first-order valence-electron chi connectivity index (χ1n) is 11.1. The first kappa shape index (κ1) is 24.0. The molecule has 37 heavy (non-hydrogen) atoms. The monoisotopic (exact) mass is 507 g/mol. The average Bonchev–Trinajstić information content (AvgIpc) is 3.48. The first-order chi connectivity index (χ1) is 17.7. The number of aromatic nitrogens is 3. The van der Waals surface area contributed by atoms with Gasteiger partial charge in [0, 0.05) is 25.5 Å². The van der Waals surface area contributed by atoms with Crippen LogP contribution in [0.5, 0.6) is 11.6 Å². The molecule has 1 amide bonds. The first-order valence-corrected chi connectivity index (χ1v) is 11.1. The third-order valence-electron chi connectivity index (χ3n) is 5.80. The highest BCUT2D eigenvalue weighted by atomic mass is 19.4. The molecule has 2 aromatic carbocycles. The van der Waals surface area contributed by atoms with Crippen LogP contribution in [0.2, 0.25) is 0 Å². The van der Waals surface area contributed by atoms with Gasteiger partial charge in [-0.25, -0.2) is 14.1 Å². The number of nitrogens with zero attached hydrogens (tertiary/aromatic N) is 5. The highest BCUT2D eigenvalue weighted by Crippen LogP contribution is 2.34. The second-order valence-corrected chi connectivity index (χ2v) is 8.32. The molecule has 0 radical (unpaired) electrons. The summed E-state index contributed by atoms with van der Waals surface area (Å²) in [6.07, 6.45) is -1.77. The number of alkyl halides is 3. The lowest BCUT2D eigenvalue weighted by Crippen LogP contribution is -2.23. The van der Waals surface area contributed by atoms with Crippen LogP contribution in [0.4, 0.5) is 17.6 Å². The summed E-state index contributed by atoms with van der Waals surface area (Å²) in [7, 11) is 0. The second kappa shape index (κ2) is 9.39. The van der Waals surface area contributed by atoms with Gasteiger partial charge in [0.25, 0.3) is 5.91 Å². The SMILES string of the molecule is N#CCc1ccc(Oc2nccc3c2C(=O)N(Cc2ccc(-n4ccc(C(F)(F)F)n4)cc2)C3)c(F)c1. The maximum atomic E-state index is 14.5. The summed E-state index contributed by atoms with van der Waals surface area (Å²) in [6, 6.07) is 15.3. The second-order valence-electron chi connectivity index (χ2n) is 8.32. The molecule has 0 saturated carbocycles. The average molecular weight is 507 g/mol. The number of pyridine rings is 1. The Kier molecular flexibility index (Phi) is 6.09. The van der Waals surface area contributed by atoms with E-state index in [0.717, 1.165) is 16.3 Å². The van der Waals surface area contributed by atoms with Crippen LogP contribution < -0.4 is 4.74 Å². The van der Waals surface area contributed by atoms with E-state index in [1.165, 1.54) is 24.5 Å². The van der Waals surface area contributed by atoms with Gasteiger partial charge in [0.15, 0.2) is 17.3 Å². The fourth-order valence-corrected chi connectivity index (χ4v) is 4.01. The van der Waals surface area contributed by atoms with Crippen molar-refractivity contribution in [3.05, 3.63) is 101 Å². The quantitative estimate of drug-likeness (QED) is 0.325. The van der Waals surface area contributed by atoms with Crippen molar-refractivity contribution in [1.82, 2.24) is 19.7 Å². The van der Waals surface area contributed by atoms with Gasteiger partial charge >= 0.3 is 6.18 Å². The third kappa shape index (κ3) is 4.86. The molecule has 0 unspecified atom stereocenters. The van der Waals surface area contributed by atoms with Crippen molar-refractivity contribution < 1.29 is 27.1 Å². The summed E-state index contributed by atoms with van der Waals surface area (Å²) in [4.78, 5) is 18.9. The molecule has 186 valence electrons. The van der Waals surface area contributed by atoms with Gasteiger partial charge in [-0.15, -0.1) is 0 Å². The van der Waals surface area contributed by atoms with Gasteiger partial charge in [-0.1, -0.05) is 18.2 Å². The van der Waals surface area contributed by atoms with Crippen molar-refractivity contribution in [3.63, 3.8) is 0 Å².